The van der Waals surface area contributed by atoms with E-state index in [1.807, 2.05) is 17.5 Å². The lowest BCUT2D eigenvalue weighted by atomic mass is 9.85. The zero-order valence-electron chi connectivity index (χ0n) is 14.4. The predicted octanol–water partition coefficient (Wildman–Crippen LogP) is 4.23. The highest BCUT2D eigenvalue weighted by Gasteiger charge is 2.31. The summed E-state index contributed by atoms with van der Waals surface area (Å²) in [6, 6.07) is 3.61. The number of rotatable bonds is 5. The summed E-state index contributed by atoms with van der Waals surface area (Å²) in [4.78, 5) is 18.4. The van der Waals surface area contributed by atoms with Gasteiger partial charge in [0.05, 0.1) is 12.6 Å². The van der Waals surface area contributed by atoms with Crippen molar-refractivity contribution in [2.45, 2.75) is 46.7 Å². The molecule has 0 fully saturated rings. The maximum Gasteiger partial charge on any atom is 0.318 e. The zero-order valence-corrected chi connectivity index (χ0v) is 15.2. The number of aryl methyl sites for hydroxylation is 1. The maximum absolute atomic E-state index is 12.5. The number of furan rings is 1. The fraction of sp³-hybridized carbons (Fsp3) is 0.529. The molecule has 1 atom stereocenters. The summed E-state index contributed by atoms with van der Waals surface area (Å²) >= 11 is 1.54. The van der Waals surface area contributed by atoms with Gasteiger partial charge in [-0.3, -0.25) is 0 Å². The largest absolute Gasteiger partial charge is 0.464 e. The molecule has 1 unspecified atom stereocenters. The highest BCUT2D eigenvalue weighted by atomic mass is 32.1. The Balaban J connectivity index is 2.09. The summed E-state index contributed by atoms with van der Waals surface area (Å²) in [6.07, 6.45) is 2.59. The summed E-state index contributed by atoms with van der Waals surface area (Å²) in [5, 5.41) is 5.92. The van der Waals surface area contributed by atoms with Crippen LogP contribution in [-0.4, -0.2) is 23.0 Å². The Hall–Kier alpha value is -1.82. The van der Waals surface area contributed by atoms with Crippen LogP contribution in [0.4, 0.5) is 4.79 Å². The molecular weight excluding hydrogens is 310 g/mol. The van der Waals surface area contributed by atoms with E-state index in [9.17, 15) is 4.79 Å². The second-order valence-electron chi connectivity index (χ2n) is 6.69. The summed E-state index contributed by atoms with van der Waals surface area (Å²) in [5.41, 5.74) is -0.152. The Labute approximate surface area is 141 Å². The van der Waals surface area contributed by atoms with E-state index in [0.29, 0.717) is 6.54 Å². The van der Waals surface area contributed by atoms with Gasteiger partial charge in [-0.2, -0.15) is 0 Å². The zero-order chi connectivity index (χ0) is 17.0. The highest BCUT2D eigenvalue weighted by Crippen LogP contribution is 2.34. The number of carbonyl (C=O) groups excluding carboxylic acids is 1. The van der Waals surface area contributed by atoms with Crippen molar-refractivity contribution in [3.05, 3.63) is 40.2 Å². The van der Waals surface area contributed by atoms with Crippen LogP contribution in [0.25, 0.3) is 0 Å². The van der Waals surface area contributed by atoms with Crippen LogP contribution in [0.1, 0.15) is 50.3 Å². The number of nitrogens with one attached hydrogen (secondary N) is 1. The van der Waals surface area contributed by atoms with E-state index in [0.717, 1.165) is 22.9 Å². The monoisotopic (exact) mass is 335 g/mol. The Kier molecular flexibility index (Phi) is 5.46. The molecule has 2 rings (SSSR count). The molecule has 0 aromatic carbocycles. The summed E-state index contributed by atoms with van der Waals surface area (Å²) in [6.45, 7) is 8.82. The molecular formula is C17H25N3O2S. The molecule has 0 bridgehead atoms. The molecule has 0 saturated carbocycles. The lowest BCUT2D eigenvalue weighted by Gasteiger charge is -2.31. The average molecular weight is 335 g/mol. The van der Waals surface area contributed by atoms with Crippen molar-refractivity contribution < 1.29 is 9.21 Å². The first-order valence-corrected chi connectivity index (χ1v) is 8.67. The normalized spacial score (nSPS) is 12.9. The second kappa shape index (κ2) is 7.17. The Morgan fingerprint density at radius 1 is 1.43 bits per heavy atom. The van der Waals surface area contributed by atoms with Gasteiger partial charge in [-0.25, -0.2) is 9.78 Å². The van der Waals surface area contributed by atoms with Crippen molar-refractivity contribution in [2.75, 3.05) is 7.05 Å². The predicted molar refractivity (Wildman–Crippen MR) is 92.4 cm³/mol. The summed E-state index contributed by atoms with van der Waals surface area (Å²) in [5.74, 6) is 1.73. The van der Waals surface area contributed by atoms with Gasteiger partial charge in [-0.15, -0.1) is 11.3 Å². The molecule has 0 aliphatic rings. The van der Waals surface area contributed by atoms with Crippen LogP contribution in [0, 0.1) is 5.41 Å². The third-order valence-corrected chi connectivity index (χ3v) is 4.42. The second-order valence-corrected chi connectivity index (χ2v) is 7.67. The van der Waals surface area contributed by atoms with Gasteiger partial charge >= 0.3 is 6.03 Å². The van der Waals surface area contributed by atoms with Crippen LogP contribution >= 0.6 is 11.3 Å². The van der Waals surface area contributed by atoms with Gasteiger partial charge in [0, 0.05) is 25.0 Å². The Morgan fingerprint density at radius 2 is 2.17 bits per heavy atom. The number of aromatic nitrogens is 1. The molecule has 0 aliphatic heterocycles. The topological polar surface area (TPSA) is 58.4 Å². The third-order valence-electron chi connectivity index (χ3n) is 3.65. The van der Waals surface area contributed by atoms with E-state index in [1.165, 1.54) is 0 Å². The summed E-state index contributed by atoms with van der Waals surface area (Å²) in [7, 11) is 1.77. The quantitative estimate of drug-likeness (QED) is 0.889. The van der Waals surface area contributed by atoms with Crippen LogP contribution in [0.5, 0.6) is 0 Å². The minimum Gasteiger partial charge on any atom is -0.464 e. The molecule has 5 nitrogen and oxygen atoms in total. The van der Waals surface area contributed by atoms with E-state index >= 15 is 0 Å². The molecule has 126 valence electrons. The lowest BCUT2D eigenvalue weighted by molar-refractivity contribution is 0.179. The molecule has 2 aromatic rings. The molecule has 0 radical (unpaired) electrons. The third kappa shape index (κ3) is 4.58. The molecule has 6 heteroatoms. The first kappa shape index (κ1) is 17.5. The van der Waals surface area contributed by atoms with Crippen molar-refractivity contribution in [3.8, 4) is 0 Å². The van der Waals surface area contributed by atoms with Crippen LogP contribution in [0.3, 0.4) is 0 Å². The number of carbonyl (C=O) groups is 1. The van der Waals surface area contributed by atoms with Gasteiger partial charge in [-0.1, -0.05) is 27.7 Å². The standard InChI is InChI=1S/C17H25N3O2S/c1-6-12-7-8-13(22-12)15(17(2,3)4)19-16(21)20(5)11-14-18-9-10-23-14/h7-10,15H,6,11H2,1-5H3,(H,19,21). The van der Waals surface area contributed by atoms with Crippen molar-refractivity contribution in [3.63, 3.8) is 0 Å². The van der Waals surface area contributed by atoms with Gasteiger partial charge < -0.3 is 14.6 Å². The fourth-order valence-corrected chi connectivity index (χ4v) is 2.96. The molecule has 2 heterocycles. The van der Waals surface area contributed by atoms with Crippen molar-refractivity contribution >= 4 is 17.4 Å². The van der Waals surface area contributed by atoms with E-state index in [2.05, 4.69) is 38.0 Å². The minimum atomic E-state index is -0.186. The molecule has 0 spiro atoms. The first-order valence-electron chi connectivity index (χ1n) is 7.80. The van der Waals surface area contributed by atoms with E-state index in [-0.39, 0.29) is 17.5 Å². The van der Waals surface area contributed by atoms with E-state index in [1.54, 1.807) is 29.5 Å². The number of hydrogen-bond donors (Lipinski definition) is 1. The van der Waals surface area contributed by atoms with Gasteiger partial charge in [0.15, 0.2) is 0 Å². The average Bonchev–Trinajstić information content (AvgIpc) is 3.14. The van der Waals surface area contributed by atoms with Crippen molar-refractivity contribution in [1.82, 2.24) is 15.2 Å². The van der Waals surface area contributed by atoms with E-state index < -0.39 is 0 Å². The Bertz CT molecular complexity index is 629. The van der Waals surface area contributed by atoms with Gasteiger partial charge in [-0.05, 0) is 17.5 Å². The highest BCUT2D eigenvalue weighted by molar-refractivity contribution is 7.09. The van der Waals surface area contributed by atoms with Gasteiger partial charge in [0.2, 0.25) is 0 Å². The number of thiazole rings is 1. The molecule has 23 heavy (non-hydrogen) atoms. The number of nitrogens with zero attached hydrogens (tertiary/aromatic N) is 2. The number of amides is 2. The minimum absolute atomic E-state index is 0.130. The SMILES string of the molecule is CCc1ccc(C(NC(=O)N(C)Cc2nccs2)C(C)(C)C)o1. The molecule has 1 N–H and O–H groups in total. The fourth-order valence-electron chi connectivity index (χ4n) is 2.29. The molecule has 0 saturated heterocycles. The van der Waals surface area contributed by atoms with Crippen LogP contribution in [-0.2, 0) is 13.0 Å². The first-order chi connectivity index (χ1) is 10.8. The van der Waals surface area contributed by atoms with Gasteiger partial charge in [0.25, 0.3) is 0 Å². The Morgan fingerprint density at radius 3 is 2.70 bits per heavy atom. The lowest BCUT2D eigenvalue weighted by Crippen LogP contribution is -2.43. The van der Waals surface area contributed by atoms with Crippen LogP contribution in [0.2, 0.25) is 0 Å². The van der Waals surface area contributed by atoms with Crippen LogP contribution < -0.4 is 5.32 Å². The van der Waals surface area contributed by atoms with Gasteiger partial charge in [0.1, 0.15) is 16.5 Å². The maximum atomic E-state index is 12.5. The van der Waals surface area contributed by atoms with E-state index in [4.69, 9.17) is 4.42 Å². The van der Waals surface area contributed by atoms with Crippen LogP contribution in [0.15, 0.2) is 28.1 Å². The smallest absolute Gasteiger partial charge is 0.318 e. The molecule has 2 amide bonds. The summed E-state index contributed by atoms with van der Waals surface area (Å²) < 4.78 is 5.86. The van der Waals surface area contributed by atoms with Crippen molar-refractivity contribution in [1.29, 1.82) is 0 Å². The number of urea groups is 1. The number of hydrogen-bond acceptors (Lipinski definition) is 4. The van der Waals surface area contributed by atoms with Crippen molar-refractivity contribution in [2.24, 2.45) is 5.41 Å². The molecule has 0 aliphatic carbocycles. The molecule has 2 aromatic heterocycles.